The van der Waals surface area contributed by atoms with E-state index in [-0.39, 0.29) is 11.9 Å². The van der Waals surface area contributed by atoms with Crippen LogP contribution in [0.1, 0.15) is 26.7 Å². The maximum Gasteiger partial charge on any atom is 0.236 e. The predicted octanol–water partition coefficient (Wildman–Crippen LogP) is 0.250. The van der Waals surface area contributed by atoms with Gasteiger partial charge in [0.05, 0.1) is 6.04 Å². The first-order valence-electron chi connectivity index (χ1n) is 3.75. The molecule has 0 aliphatic heterocycles. The van der Waals surface area contributed by atoms with Crippen molar-refractivity contribution in [3.05, 3.63) is 0 Å². The molecule has 0 heterocycles. The van der Waals surface area contributed by atoms with Crippen LogP contribution in [0.25, 0.3) is 0 Å². The molecular formula is C7H16N2O. The van der Waals surface area contributed by atoms with E-state index in [9.17, 15) is 4.79 Å². The second-order valence-electron chi connectivity index (χ2n) is 2.31. The highest BCUT2D eigenvalue weighted by atomic mass is 16.2. The standard InChI is InChI=1S/C7H16N2O/c1-3-5-9-7(10)6(8)4-2/h6H,3-5,8H2,1-2H3,(H,9,10)/t6-/m1/s1. The van der Waals surface area contributed by atoms with Crippen LogP contribution in [-0.2, 0) is 4.79 Å². The summed E-state index contributed by atoms with van der Waals surface area (Å²) in [6, 6.07) is -0.327. The van der Waals surface area contributed by atoms with Gasteiger partial charge in [0, 0.05) is 6.54 Å². The summed E-state index contributed by atoms with van der Waals surface area (Å²) in [5, 5.41) is 2.72. The first-order chi connectivity index (χ1) is 4.72. The van der Waals surface area contributed by atoms with Crippen LogP contribution in [-0.4, -0.2) is 18.5 Å². The molecule has 3 N–H and O–H groups in total. The Morgan fingerprint density at radius 1 is 1.60 bits per heavy atom. The molecule has 0 aromatic carbocycles. The van der Waals surface area contributed by atoms with E-state index in [0.717, 1.165) is 13.0 Å². The third-order valence-electron chi connectivity index (χ3n) is 1.33. The third-order valence-corrected chi connectivity index (χ3v) is 1.33. The van der Waals surface area contributed by atoms with Crippen LogP contribution in [0.2, 0.25) is 0 Å². The van der Waals surface area contributed by atoms with Crippen molar-refractivity contribution in [2.75, 3.05) is 6.54 Å². The number of nitrogens with two attached hydrogens (primary N) is 1. The number of nitrogens with one attached hydrogen (secondary N) is 1. The number of hydrogen-bond acceptors (Lipinski definition) is 2. The normalized spacial score (nSPS) is 12.7. The summed E-state index contributed by atoms with van der Waals surface area (Å²) in [5.41, 5.74) is 5.45. The molecule has 0 aliphatic carbocycles. The van der Waals surface area contributed by atoms with E-state index in [0.29, 0.717) is 6.42 Å². The molecule has 0 aromatic rings. The Kier molecular flexibility index (Phi) is 4.94. The lowest BCUT2D eigenvalue weighted by Crippen LogP contribution is -2.40. The van der Waals surface area contributed by atoms with Crippen LogP contribution in [0.4, 0.5) is 0 Å². The van der Waals surface area contributed by atoms with E-state index in [1.165, 1.54) is 0 Å². The average Bonchev–Trinajstić information content (AvgIpc) is 1.98. The van der Waals surface area contributed by atoms with Gasteiger partial charge in [0.25, 0.3) is 0 Å². The van der Waals surface area contributed by atoms with Crippen molar-refractivity contribution in [3.63, 3.8) is 0 Å². The highest BCUT2D eigenvalue weighted by molar-refractivity contribution is 5.81. The Labute approximate surface area is 62.0 Å². The smallest absolute Gasteiger partial charge is 0.236 e. The number of hydrogen-bond donors (Lipinski definition) is 2. The molecule has 0 radical (unpaired) electrons. The van der Waals surface area contributed by atoms with Crippen molar-refractivity contribution < 1.29 is 4.79 Å². The van der Waals surface area contributed by atoms with Crippen molar-refractivity contribution in [3.8, 4) is 0 Å². The molecule has 0 spiro atoms. The molecule has 1 atom stereocenters. The Morgan fingerprint density at radius 3 is 2.60 bits per heavy atom. The molecule has 0 fully saturated rings. The summed E-state index contributed by atoms with van der Waals surface area (Å²) in [6.07, 6.45) is 1.66. The molecule has 0 saturated carbocycles. The monoisotopic (exact) mass is 144 g/mol. The van der Waals surface area contributed by atoms with E-state index in [1.807, 2.05) is 13.8 Å². The van der Waals surface area contributed by atoms with Crippen LogP contribution >= 0.6 is 0 Å². The van der Waals surface area contributed by atoms with Gasteiger partial charge in [-0.3, -0.25) is 4.79 Å². The van der Waals surface area contributed by atoms with Crippen molar-refractivity contribution >= 4 is 5.91 Å². The molecule has 60 valence electrons. The minimum absolute atomic E-state index is 0.0376. The fourth-order valence-corrected chi connectivity index (χ4v) is 0.565. The van der Waals surface area contributed by atoms with Gasteiger partial charge in [-0.05, 0) is 12.8 Å². The zero-order valence-corrected chi connectivity index (χ0v) is 6.68. The predicted molar refractivity (Wildman–Crippen MR) is 41.6 cm³/mol. The lowest BCUT2D eigenvalue weighted by molar-refractivity contribution is -0.122. The molecule has 1 amide bonds. The molecule has 10 heavy (non-hydrogen) atoms. The van der Waals surface area contributed by atoms with Crippen LogP contribution in [0.15, 0.2) is 0 Å². The highest BCUT2D eigenvalue weighted by Crippen LogP contribution is 1.84. The Hall–Kier alpha value is -0.570. The zero-order chi connectivity index (χ0) is 7.98. The van der Waals surface area contributed by atoms with Crippen molar-refractivity contribution in [1.29, 1.82) is 0 Å². The van der Waals surface area contributed by atoms with Crippen LogP contribution in [0.3, 0.4) is 0 Å². The van der Waals surface area contributed by atoms with Crippen LogP contribution < -0.4 is 11.1 Å². The van der Waals surface area contributed by atoms with Gasteiger partial charge in [0.2, 0.25) is 5.91 Å². The molecule has 0 unspecified atom stereocenters. The Balaban J connectivity index is 3.42. The van der Waals surface area contributed by atoms with Gasteiger partial charge >= 0.3 is 0 Å². The van der Waals surface area contributed by atoms with Crippen molar-refractivity contribution in [1.82, 2.24) is 5.32 Å². The molecule has 0 saturated heterocycles. The second-order valence-corrected chi connectivity index (χ2v) is 2.31. The summed E-state index contributed by atoms with van der Waals surface area (Å²) in [4.78, 5) is 10.9. The number of carbonyl (C=O) groups excluding carboxylic acids is 1. The summed E-state index contributed by atoms with van der Waals surface area (Å²) in [6.45, 7) is 4.64. The van der Waals surface area contributed by atoms with Gasteiger partial charge < -0.3 is 11.1 Å². The van der Waals surface area contributed by atoms with Crippen molar-refractivity contribution in [2.45, 2.75) is 32.7 Å². The van der Waals surface area contributed by atoms with E-state index >= 15 is 0 Å². The van der Waals surface area contributed by atoms with Gasteiger partial charge in [0.15, 0.2) is 0 Å². The maximum absolute atomic E-state index is 10.9. The Bertz CT molecular complexity index is 104. The highest BCUT2D eigenvalue weighted by Gasteiger charge is 2.08. The van der Waals surface area contributed by atoms with E-state index in [2.05, 4.69) is 5.32 Å². The quantitative estimate of drug-likeness (QED) is 0.594. The summed E-state index contributed by atoms with van der Waals surface area (Å²) < 4.78 is 0. The minimum atomic E-state index is -0.327. The molecule has 0 aliphatic rings. The average molecular weight is 144 g/mol. The topological polar surface area (TPSA) is 55.1 Å². The summed E-state index contributed by atoms with van der Waals surface area (Å²) in [7, 11) is 0. The summed E-state index contributed by atoms with van der Waals surface area (Å²) >= 11 is 0. The number of amides is 1. The molecule has 3 nitrogen and oxygen atoms in total. The van der Waals surface area contributed by atoms with Gasteiger partial charge in [-0.15, -0.1) is 0 Å². The lowest BCUT2D eigenvalue weighted by atomic mass is 10.2. The fourth-order valence-electron chi connectivity index (χ4n) is 0.565. The first-order valence-corrected chi connectivity index (χ1v) is 3.75. The van der Waals surface area contributed by atoms with E-state index < -0.39 is 0 Å². The molecule has 0 aromatic heterocycles. The van der Waals surface area contributed by atoms with Crippen LogP contribution in [0, 0.1) is 0 Å². The molecule has 0 bridgehead atoms. The number of carbonyl (C=O) groups is 1. The van der Waals surface area contributed by atoms with Gasteiger partial charge in [-0.1, -0.05) is 13.8 Å². The third kappa shape index (κ3) is 3.45. The SMILES string of the molecule is CCCNC(=O)[C@H](N)CC. The van der Waals surface area contributed by atoms with Crippen molar-refractivity contribution in [2.24, 2.45) is 5.73 Å². The Morgan fingerprint density at radius 2 is 2.20 bits per heavy atom. The number of rotatable bonds is 4. The first kappa shape index (κ1) is 9.43. The van der Waals surface area contributed by atoms with Gasteiger partial charge in [0.1, 0.15) is 0 Å². The lowest BCUT2D eigenvalue weighted by Gasteiger charge is -2.07. The summed E-state index contributed by atoms with van der Waals surface area (Å²) in [5.74, 6) is -0.0376. The minimum Gasteiger partial charge on any atom is -0.355 e. The second kappa shape index (κ2) is 5.23. The largest absolute Gasteiger partial charge is 0.355 e. The van der Waals surface area contributed by atoms with E-state index in [4.69, 9.17) is 5.73 Å². The molecule has 3 heteroatoms. The van der Waals surface area contributed by atoms with Gasteiger partial charge in [-0.2, -0.15) is 0 Å². The van der Waals surface area contributed by atoms with Crippen LogP contribution in [0.5, 0.6) is 0 Å². The maximum atomic E-state index is 10.9. The van der Waals surface area contributed by atoms with Gasteiger partial charge in [-0.25, -0.2) is 0 Å². The zero-order valence-electron chi connectivity index (χ0n) is 6.68. The molecule has 0 rings (SSSR count). The molecular weight excluding hydrogens is 128 g/mol. The van der Waals surface area contributed by atoms with E-state index in [1.54, 1.807) is 0 Å². The fraction of sp³-hybridized carbons (Fsp3) is 0.857.